The highest BCUT2D eigenvalue weighted by atomic mass is 32.2. The number of nitrogens with one attached hydrogen (secondary N) is 1. The second kappa shape index (κ2) is 5.74. The van der Waals surface area contributed by atoms with Crippen molar-refractivity contribution in [3.63, 3.8) is 0 Å². The lowest BCUT2D eigenvalue weighted by Crippen LogP contribution is -2.50. The number of benzene rings is 1. The van der Waals surface area contributed by atoms with E-state index >= 15 is 0 Å². The molecule has 1 N–H and O–H groups in total. The molecular weight excluding hydrogens is 272 g/mol. The quantitative estimate of drug-likeness (QED) is 0.924. The molecule has 1 aliphatic rings. The highest BCUT2D eigenvalue weighted by molar-refractivity contribution is 7.91. The third-order valence-corrected chi connectivity index (χ3v) is 6.16. The standard InChI is InChI=1S/C15H24N2O2S/c1-4-20(18,19)14-7-5-13(6-8-14)17-11-9-15(2,16-3)10-12-17/h5-8,16H,4,9-12H2,1-3H3. The predicted molar refractivity (Wildman–Crippen MR) is 83.1 cm³/mol. The molecule has 0 atom stereocenters. The highest BCUT2D eigenvalue weighted by Gasteiger charge is 2.28. The fourth-order valence-electron chi connectivity index (χ4n) is 2.54. The molecule has 1 saturated heterocycles. The maximum Gasteiger partial charge on any atom is 0.178 e. The van der Waals surface area contributed by atoms with Crippen LogP contribution >= 0.6 is 0 Å². The lowest BCUT2D eigenvalue weighted by atomic mass is 9.90. The van der Waals surface area contributed by atoms with Crippen LogP contribution in [0.25, 0.3) is 0 Å². The number of nitrogens with zero attached hydrogens (tertiary/aromatic N) is 1. The molecule has 1 aromatic rings. The maximum absolute atomic E-state index is 11.8. The first-order valence-corrected chi connectivity index (χ1v) is 8.82. The summed E-state index contributed by atoms with van der Waals surface area (Å²) in [5, 5.41) is 3.38. The molecule has 0 unspecified atom stereocenters. The molecule has 0 aromatic heterocycles. The molecular formula is C15H24N2O2S. The molecule has 0 bridgehead atoms. The van der Waals surface area contributed by atoms with Crippen molar-refractivity contribution in [3.05, 3.63) is 24.3 Å². The van der Waals surface area contributed by atoms with Crippen LogP contribution in [-0.2, 0) is 9.84 Å². The number of hydrogen-bond donors (Lipinski definition) is 1. The van der Waals surface area contributed by atoms with Gasteiger partial charge in [0.2, 0.25) is 0 Å². The van der Waals surface area contributed by atoms with Gasteiger partial charge in [0.05, 0.1) is 10.6 Å². The van der Waals surface area contributed by atoms with Crippen molar-refractivity contribution < 1.29 is 8.42 Å². The summed E-state index contributed by atoms with van der Waals surface area (Å²) in [5.41, 5.74) is 1.33. The highest BCUT2D eigenvalue weighted by Crippen LogP contribution is 2.26. The molecule has 4 nitrogen and oxygen atoms in total. The minimum absolute atomic E-state index is 0.149. The first-order chi connectivity index (χ1) is 9.40. The Morgan fingerprint density at radius 2 is 1.75 bits per heavy atom. The average molecular weight is 296 g/mol. The number of anilines is 1. The van der Waals surface area contributed by atoms with Gasteiger partial charge in [-0.3, -0.25) is 0 Å². The molecule has 0 saturated carbocycles. The zero-order chi connectivity index (χ0) is 14.8. The van der Waals surface area contributed by atoms with Gasteiger partial charge in [-0.2, -0.15) is 0 Å². The Morgan fingerprint density at radius 1 is 1.20 bits per heavy atom. The lowest BCUT2D eigenvalue weighted by Gasteiger charge is -2.40. The van der Waals surface area contributed by atoms with Gasteiger partial charge in [0.15, 0.2) is 9.84 Å². The smallest absolute Gasteiger partial charge is 0.178 e. The lowest BCUT2D eigenvalue weighted by molar-refractivity contribution is 0.305. The zero-order valence-electron chi connectivity index (χ0n) is 12.5. The van der Waals surface area contributed by atoms with Crippen molar-refractivity contribution in [1.29, 1.82) is 0 Å². The van der Waals surface area contributed by atoms with E-state index in [1.165, 1.54) is 0 Å². The second-order valence-electron chi connectivity index (χ2n) is 5.70. The molecule has 1 aliphatic heterocycles. The van der Waals surface area contributed by atoms with Gasteiger partial charge >= 0.3 is 0 Å². The molecule has 0 aliphatic carbocycles. The molecule has 0 radical (unpaired) electrons. The van der Waals surface area contributed by atoms with Crippen molar-refractivity contribution in [3.8, 4) is 0 Å². The number of piperidine rings is 1. The van der Waals surface area contributed by atoms with Crippen molar-refractivity contribution in [2.45, 2.75) is 37.1 Å². The van der Waals surface area contributed by atoms with Crippen LogP contribution in [0.15, 0.2) is 29.2 Å². The average Bonchev–Trinajstić information content (AvgIpc) is 2.48. The predicted octanol–water partition coefficient (Wildman–Crippen LogP) is 2.06. The summed E-state index contributed by atoms with van der Waals surface area (Å²) in [6.45, 7) is 5.92. The third-order valence-electron chi connectivity index (χ3n) is 4.41. The van der Waals surface area contributed by atoms with Gasteiger partial charge in [-0.25, -0.2) is 8.42 Å². The molecule has 112 valence electrons. The number of hydrogen-bond acceptors (Lipinski definition) is 4. The third kappa shape index (κ3) is 3.15. The topological polar surface area (TPSA) is 49.4 Å². The van der Waals surface area contributed by atoms with Crippen LogP contribution < -0.4 is 10.2 Å². The van der Waals surface area contributed by atoms with Gasteiger partial charge < -0.3 is 10.2 Å². The van der Waals surface area contributed by atoms with E-state index < -0.39 is 9.84 Å². The van der Waals surface area contributed by atoms with Crippen molar-refractivity contribution >= 4 is 15.5 Å². The Bertz CT molecular complexity index is 544. The van der Waals surface area contributed by atoms with Crippen LogP contribution in [0.3, 0.4) is 0 Å². The normalized spacial score (nSPS) is 19.1. The van der Waals surface area contributed by atoms with Crippen LogP contribution in [0.1, 0.15) is 26.7 Å². The molecule has 1 aromatic carbocycles. The fourth-order valence-corrected chi connectivity index (χ4v) is 3.42. The van der Waals surface area contributed by atoms with E-state index in [0.717, 1.165) is 31.6 Å². The van der Waals surface area contributed by atoms with Crippen LogP contribution in [0.4, 0.5) is 5.69 Å². The van der Waals surface area contributed by atoms with E-state index in [2.05, 4.69) is 17.1 Å². The Kier molecular flexibility index (Phi) is 4.39. The van der Waals surface area contributed by atoms with Crippen molar-refractivity contribution in [1.82, 2.24) is 5.32 Å². The molecule has 0 spiro atoms. The first kappa shape index (κ1) is 15.3. The van der Waals surface area contributed by atoms with E-state index in [4.69, 9.17) is 0 Å². The van der Waals surface area contributed by atoms with Crippen molar-refractivity contribution in [2.75, 3.05) is 30.8 Å². The van der Waals surface area contributed by atoms with Gasteiger partial charge in [-0.05, 0) is 51.1 Å². The summed E-state index contributed by atoms with van der Waals surface area (Å²) in [4.78, 5) is 2.74. The van der Waals surface area contributed by atoms with E-state index in [-0.39, 0.29) is 11.3 Å². The molecule has 5 heteroatoms. The van der Waals surface area contributed by atoms with Crippen molar-refractivity contribution in [2.24, 2.45) is 0 Å². The second-order valence-corrected chi connectivity index (χ2v) is 7.97. The van der Waals surface area contributed by atoms with Crippen LogP contribution in [-0.4, -0.2) is 39.8 Å². The zero-order valence-corrected chi connectivity index (χ0v) is 13.3. The van der Waals surface area contributed by atoms with Gasteiger partial charge in [0.25, 0.3) is 0 Å². The van der Waals surface area contributed by atoms with E-state index in [1.54, 1.807) is 19.1 Å². The van der Waals surface area contributed by atoms with Gasteiger partial charge in [0.1, 0.15) is 0 Å². The SMILES string of the molecule is CCS(=O)(=O)c1ccc(N2CCC(C)(NC)CC2)cc1. The summed E-state index contributed by atoms with van der Waals surface area (Å²) in [6.07, 6.45) is 2.19. The number of rotatable bonds is 4. The monoisotopic (exact) mass is 296 g/mol. The first-order valence-electron chi connectivity index (χ1n) is 7.17. The molecule has 2 rings (SSSR count). The van der Waals surface area contributed by atoms with E-state index in [1.807, 2.05) is 19.2 Å². The van der Waals surface area contributed by atoms with Crippen LogP contribution in [0, 0.1) is 0 Å². The Morgan fingerprint density at radius 3 is 2.20 bits per heavy atom. The van der Waals surface area contributed by atoms with Crippen LogP contribution in [0.2, 0.25) is 0 Å². The summed E-state index contributed by atoms with van der Waals surface area (Å²) in [7, 11) is -1.08. The Labute approximate surface area is 122 Å². The summed E-state index contributed by atoms with van der Waals surface area (Å²) in [6, 6.07) is 7.29. The van der Waals surface area contributed by atoms with Gasteiger partial charge in [-0.15, -0.1) is 0 Å². The number of sulfone groups is 1. The minimum Gasteiger partial charge on any atom is -0.371 e. The van der Waals surface area contributed by atoms with E-state index in [0.29, 0.717) is 4.90 Å². The summed E-state index contributed by atoms with van der Waals surface area (Å²) in [5.74, 6) is 0.149. The summed E-state index contributed by atoms with van der Waals surface area (Å²) >= 11 is 0. The maximum atomic E-state index is 11.8. The van der Waals surface area contributed by atoms with Gasteiger partial charge in [0, 0.05) is 24.3 Å². The summed E-state index contributed by atoms with van der Waals surface area (Å²) < 4.78 is 23.6. The molecule has 0 amide bonds. The largest absolute Gasteiger partial charge is 0.371 e. The van der Waals surface area contributed by atoms with E-state index in [9.17, 15) is 8.42 Å². The molecule has 1 fully saturated rings. The fraction of sp³-hybridized carbons (Fsp3) is 0.600. The van der Waals surface area contributed by atoms with Crippen LogP contribution in [0.5, 0.6) is 0 Å². The Balaban J connectivity index is 2.09. The minimum atomic E-state index is -3.10. The molecule has 20 heavy (non-hydrogen) atoms. The Hall–Kier alpha value is -1.07. The van der Waals surface area contributed by atoms with Gasteiger partial charge in [-0.1, -0.05) is 6.92 Å². The molecule has 1 heterocycles.